The summed E-state index contributed by atoms with van der Waals surface area (Å²) in [4.78, 5) is 11.2. The summed E-state index contributed by atoms with van der Waals surface area (Å²) in [6, 6.07) is 0. The summed E-state index contributed by atoms with van der Waals surface area (Å²) in [6.07, 6.45) is 0.0104. The molecule has 11 heavy (non-hydrogen) atoms. The lowest BCUT2D eigenvalue weighted by Gasteiger charge is -2.22. The van der Waals surface area contributed by atoms with Crippen LogP contribution in [0.1, 0.15) is 34.1 Å². The smallest absolute Gasteiger partial charge is 0.142 e. The van der Waals surface area contributed by atoms with Gasteiger partial charge in [-0.05, 0) is 6.92 Å². The number of aliphatic hydroxyl groups is 1. The lowest BCUT2D eigenvalue weighted by Crippen LogP contribution is -2.40. The first-order chi connectivity index (χ1) is 4.63. The predicted molar refractivity (Wildman–Crippen MR) is 43.9 cm³/mol. The molecule has 0 aliphatic rings. The molecule has 0 rings (SSSR count). The van der Waals surface area contributed by atoms with E-state index in [-0.39, 0.29) is 12.2 Å². The van der Waals surface area contributed by atoms with E-state index >= 15 is 0 Å². The Bertz CT molecular complexity index is 150. The maximum Gasteiger partial charge on any atom is 0.142 e. The third kappa shape index (κ3) is 4.93. The summed E-state index contributed by atoms with van der Waals surface area (Å²) in [5.74, 6) is -0.0231. The molecule has 0 saturated carbocycles. The highest BCUT2D eigenvalue weighted by Gasteiger charge is 2.27. The van der Waals surface area contributed by atoms with Crippen LogP contribution in [0.15, 0.2) is 0 Å². The van der Waals surface area contributed by atoms with Crippen molar-refractivity contribution in [3.05, 3.63) is 0 Å². The molecule has 0 radical (unpaired) electrons. The Labute approximate surface area is 67.6 Å². The Morgan fingerprint density at radius 3 is 1.82 bits per heavy atom. The van der Waals surface area contributed by atoms with Gasteiger partial charge in [-0.25, -0.2) is 0 Å². The molecule has 0 heterocycles. The average Bonchev–Trinajstić information content (AvgIpc) is 1.56. The summed E-state index contributed by atoms with van der Waals surface area (Å²) >= 11 is 0. The second kappa shape index (κ2) is 2.91. The van der Waals surface area contributed by atoms with Crippen molar-refractivity contribution >= 4 is 5.78 Å². The first kappa shape index (κ1) is 10.6. The van der Waals surface area contributed by atoms with Crippen molar-refractivity contribution in [3.8, 4) is 0 Å². The molecule has 0 aromatic rings. The van der Waals surface area contributed by atoms with Gasteiger partial charge in [0.15, 0.2) is 0 Å². The van der Waals surface area contributed by atoms with Crippen LogP contribution in [0.4, 0.5) is 0 Å². The summed E-state index contributed by atoms with van der Waals surface area (Å²) in [5.41, 5.74) is 3.48. The zero-order valence-corrected chi connectivity index (χ0v) is 7.64. The molecule has 1 unspecified atom stereocenters. The van der Waals surface area contributed by atoms with Gasteiger partial charge in [0.25, 0.3) is 0 Å². The van der Waals surface area contributed by atoms with E-state index in [1.165, 1.54) is 6.92 Å². The van der Waals surface area contributed by atoms with E-state index in [1.54, 1.807) is 20.8 Å². The molecule has 3 N–H and O–H groups in total. The number of nitrogens with two attached hydrogens (primary N) is 1. The molecule has 66 valence electrons. The minimum absolute atomic E-state index is 0.0104. The van der Waals surface area contributed by atoms with E-state index in [0.29, 0.717) is 0 Å². The second-order valence-corrected chi connectivity index (χ2v) is 4.21. The van der Waals surface area contributed by atoms with Gasteiger partial charge in [-0.3, -0.25) is 4.79 Å². The molecule has 3 heteroatoms. The van der Waals surface area contributed by atoms with Gasteiger partial charge in [0, 0.05) is 11.8 Å². The van der Waals surface area contributed by atoms with E-state index in [2.05, 4.69) is 0 Å². The first-order valence-corrected chi connectivity index (χ1v) is 3.67. The average molecular weight is 159 g/mol. The van der Waals surface area contributed by atoms with Crippen molar-refractivity contribution in [2.45, 2.75) is 39.8 Å². The van der Waals surface area contributed by atoms with Crippen LogP contribution < -0.4 is 5.73 Å². The highest BCUT2D eigenvalue weighted by molar-refractivity contribution is 5.84. The SMILES string of the molecule is CC(N)(O)CC(=O)C(C)(C)C. The van der Waals surface area contributed by atoms with Crippen molar-refractivity contribution in [2.75, 3.05) is 0 Å². The van der Waals surface area contributed by atoms with Crippen LogP contribution in [-0.4, -0.2) is 16.6 Å². The fourth-order valence-corrected chi connectivity index (χ4v) is 0.590. The molecule has 0 aromatic heterocycles. The van der Waals surface area contributed by atoms with Crippen LogP contribution in [0, 0.1) is 5.41 Å². The largest absolute Gasteiger partial charge is 0.376 e. The number of rotatable bonds is 2. The Hall–Kier alpha value is -0.410. The van der Waals surface area contributed by atoms with Crippen LogP contribution in [0.5, 0.6) is 0 Å². The third-order valence-electron chi connectivity index (χ3n) is 1.35. The second-order valence-electron chi connectivity index (χ2n) is 4.21. The Kier molecular flexibility index (Phi) is 2.80. The van der Waals surface area contributed by atoms with E-state index in [4.69, 9.17) is 10.8 Å². The Balaban J connectivity index is 4.11. The maximum absolute atomic E-state index is 11.2. The standard InChI is InChI=1S/C8H17NO2/c1-7(2,3)6(10)5-8(4,9)11/h11H,5,9H2,1-4H3. The van der Waals surface area contributed by atoms with Crippen LogP contribution in [0.25, 0.3) is 0 Å². The van der Waals surface area contributed by atoms with E-state index in [1.807, 2.05) is 0 Å². The fraction of sp³-hybridized carbons (Fsp3) is 0.875. The molecule has 1 atom stereocenters. The van der Waals surface area contributed by atoms with Crippen molar-refractivity contribution in [1.82, 2.24) is 0 Å². The van der Waals surface area contributed by atoms with Gasteiger partial charge >= 0.3 is 0 Å². The minimum Gasteiger partial charge on any atom is -0.376 e. The summed E-state index contributed by atoms with van der Waals surface area (Å²) in [5, 5.41) is 9.11. The number of hydrogen-bond acceptors (Lipinski definition) is 3. The van der Waals surface area contributed by atoms with E-state index < -0.39 is 11.1 Å². The predicted octanol–water partition coefficient (Wildman–Crippen LogP) is 0.659. The monoisotopic (exact) mass is 159 g/mol. The molecule has 3 nitrogen and oxygen atoms in total. The number of carbonyl (C=O) groups is 1. The van der Waals surface area contributed by atoms with Crippen LogP contribution in [0.3, 0.4) is 0 Å². The maximum atomic E-state index is 11.2. The zero-order valence-electron chi connectivity index (χ0n) is 7.64. The number of hydrogen-bond donors (Lipinski definition) is 2. The molecule has 0 aromatic carbocycles. The van der Waals surface area contributed by atoms with E-state index in [0.717, 1.165) is 0 Å². The number of carbonyl (C=O) groups excluding carboxylic acids is 1. The van der Waals surface area contributed by atoms with Gasteiger partial charge < -0.3 is 10.8 Å². The van der Waals surface area contributed by atoms with Gasteiger partial charge in [-0.1, -0.05) is 20.8 Å². The van der Waals surface area contributed by atoms with Gasteiger partial charge in [0.1, 0.15) is 11.5 Å². The Morgan fingerprint density at radius 2 is 1.73 bits per heavy atom. The highest BCUT2D eigenvalue weighted by atomic mass is 16.3. The zero-order chi connectivity index (χ0) is 9.28. The minimum atomic E-state index is -1.37. The summed E-state index contributed by atoms with van der Waals surface area (Å²) < 4.78 is 0. The molecule has 0 saturated heterocycles. The van der Waals surface area contributed by atoms with Crippen LogP contribution in [0.2, 0.25) is 0 Å². The van der Waals surface area contributed by atoms with Crippen LogP contribution in [-0.2, 0) is 4.79 Å². The summed E-state index contributed by atoms with van der Waals surface area (Å²) in [7, 11) is 0. The van der Waals surface area contributed by atoms with Crippen molar-refractivity contribution < 1.29 is 9.90 Å². The lowest BCUT2D eigenvalue weighted by atomic mass is 9.86. The molecule has 0 aliphatic carbocycles. The van der Waals surface area contributed by atoms with Gasteiger partial charge in [0.2, 0.25) is 0 Å². The molecular formula is C8H17NO2. The topological polar surface area (TPSA) is 63.3 Å². The molecule has 0 bridgehead atoms. The first-order valence-electron chi connectivity index (χ1n) is 3.67. The van der Waals surface area contributed by atoms with Crippen molar-refractivity contribution in [1.29, 1.82) is 0 Å². The molecule has 0 amide bonds. The number of ketones is 1. The quantitative estimate of drug-likeness (QED) is 0.582. The molecule has 0 fully saturated rings. The molecule has 0 spiro atoms. The summed E-state index contributed by atoms with van der Waals surface area (Å²) in [6.45, 7) is 6.85. The number of Topliss-reactive ketones (excluding diaryl/α,β-unsaturated/α-hetero) is 1. The molecule has 0 aliphatic heterocycles. The van der Waals surface area contributed by atoms with Gasteiger partial charge in [0.05, 0.1) is 0 Å². The third-order valence-corrected chi connectivity index (χ3v) is 1.35. The lowest BCUT2D eigenvalue weighted by molar-refractivity contribution is -0.130. The highest BCUT2D eigenvalue weighted by Crippen LogP contribution is 2.19. The van der Waals surface area contributed by atoms with Crippen molar-refractivity contribution in [3.63, 3.8) is 0 Å². The normalized spacial score (nSPS) is 17.6. The van der Waals surface area contributed by atoms with Crippen LogP contribution >= 0.6 is 0 Å². The fourth-order valence-electron chi connectivity index (χ4n) is 0.590. The van der Waals surface area contributed by atoms with E-state index in [9.17, 15) is 4.79 Å². The van der Waals surface area contributed by atoms with Gasteiger partial charge in [-0.2, -0.15) is 0 Å². The Morgan fingerprint density at radius 1 is 1.36 bits per heavy atom. The molecular weight excluding hydrogens is 142 g/mol. The van der Waals surface area contributed by atoms with Crippen molar-refractivity contribution in [2.24, 2.45) is 11.1 Å². The van der Waals surface area contributed by atoms with Gasteiger partial charge in [-0.15, -0.1) is 0 Å².